The summed E-state index contributed by atoms with van der Waals surface area (Å²) < 4.78 is 11.4. The monoisotopic (exact) mass is 434 g/mol. The van der Waals surface area contributed by atoms with Crippen molar-refractivity contribution in [3.05, 3.63) is 77.3 Å². The molecule has 0 spiro atoms. The molecular formula is C25H23ClN2O3. The third kappa shape index (κ3) is 5.06. The van der Waals surface area contributed by atoms with Crippen LogP contribution >= 0.6 is 11.6 Å². The van der Waals surface area contributed by atoms with Crippen molar-refractivity contribution in [2.75, 3.05) is 11.9 Å². The van der Waals surface area contributed by atoms with Gasteiger partial charge in [-0.2, -0.15) is 0 Å². The van der Waals surface area contributed by atoms with Crippen molar-refractivity contribution in [2.24, 2.45) is 0 Å². The molecular weight excluding hydrogens is 412 g/mol. The second-order valence-electron chi connectivity index (χ2n) is 7.42. The van der Waals surface area contributed by atoms with E-state index in [0.29, 0.717) is 39.4 Å². The van der Waals surface area contributed by atoms with Crippen LogP contribution in [0.5, 0.6) is 5.75 Å². The van der Waals surface area contributed by atoms with Gasteiger partial charge in [0.25, 0.3) is 5.91 Å². The van der Waals surface area contributed by atoms with E-state index < -0.39 is 0 Å². The van der Waals surface area contributed by atoms with Crippen LogP contribution in [0.2, 0.25) is 5.02 Å². The molecule has 0 aliphatic carbocycles. The molecule has 31 heavy (non-hydrogen) atoms. The van der Waals surface area contributed by atoms with E-state index in [1.165, 1.54) is 5.56 Å². The number of hydrogen-bond acceptors (Lipinski definition) is 4. The number of nitrogens with one attached hydrogen (secondary N) is 1. The van der Waals surface area contributed by atoms with Gasteiger partial charge < -0.3 is 14.5 Å². The first-order chi connectivity index (χ1) is 15.0. The lowest BCUT2D eigenvalue weighted by atomic mass is 9.99. The number of ether oxygens (including phenoxy) is 1. The number of fused-ring (bicyclic) bond motifs is 1. The zero-order valence-electron chi connectivity index (χ0n) is 17.4. The smallest absolute Gasteiger partial charge is 0.262 e. The van der Waals surface area contributed by atoms with Crippen LogP contribution in [-0.4, -0.2) is 17.5 Å². The Balaban J connectivity index is 1.34. The Bertz CT molecular complexity index is 1180. The SMILES string of the molecule is CC[C@@H](C)c1ccc(OCC(=O)Nc2ccc(-c3nc4cc(Cl)ccc4o3)cc2)cc1. The number of benzene rings is 3. The Morgan fingerprint density at radius 1 is 1.10 bits per heavy atom. The van der Waals surface area contributed by atoms with E-state index in [-0.39, 0.29) is 12.5 Å². The van der Waals surface area contributed by atoms with Gasteiger partial charge in [-0.25, -0.2) is 4.98 Å². The maximum atomic E-state index is 12.2. The zero-order valence-corrected chi connectivity index (χ0v) is 18.1. The lowest BCUT2D eigenvalue weighted by Gasteiger charge is -2.11. The molecule has 0 bridgehead atoms. The van der Waals surface area contributed by atoms with E-state index in [1.54, 1.807) is 30.3 Å². The van der Waals surface area contributed by atoms with E-state index in [2.05, 4.69) is 24.1 Å². The van der Waals surface area contributed by atoms with E-state index >= 15 is 0 Å². The van der Waals surface area contributed by atoms with Gasteiger partial charge in [-0.15, -0.1) is 0 Å². The van der Waals surface area contributed by atoms with Crippen molar-refractivity contribution < 1.29 is 13.9 Å². The van der Waals surface area contributed by atoms with Crippen molar-refractivity contribution >= 4 is 34.3 Å². The summed E-state index contributed by atoms with van der Waals surface area (Å²) in [6.45, 7) is 4.29. The molecule has 0 aliphatic rings. The summed E-state index contributed by atoms with van der Waals surface area (Å²) in [6, 6.07) is 20.5. The Morgan fingerprint density at radius 2 is 1.84 bits per heavy atom. The highest BCUT2D eigenvalue weighted by atomic mass is 35.5. The van der Waals surface area contributed by atoms with Crippen LogP contribution in [0.1, 0.15) is 31.7 Å². The molecule has 1 heterocycles. The number of oxazole rings is 1. The van der Waals surface area contributed by atoms with Crippen molar-refractivity contribution in [1.29, 1.82) is 0 Å². The second-order valence-corrected chi connectivity index (χ2v) is 7.86. The van der Waals surface area contributed by atoms with Crippen LogP contribution in [0.4, 0.5) is 5.69 Å². The summed E-state index contributed by atoms with van der Waals surface area (Å²) in [5, 5.41) is 3.44. The predicted molar refractivity (Wildman–Crippen MR) is 124 cm³/mol. The summed E-state index contributed by atoms with van der Waals surface area (Å²) in [7, 11) is 0. The molecule has 1 amide bonds. The van der Waals surface area contributed by atoms with Crippen molar-refractivity contribution in [3.8, 4) is 17.2 Å². The maximum Gasteiger partial charge on any atom is 0.262 e. The molecule has 0 radical (unpaired) electrons. The van der Waals surface area contributed by atoms with Gasteiger partial charge in [-0.3, -0.25) is 4.79 Å². The Morgan fingerprint density at radius 3 is 2.55 bits per heavy atom. The lowest BCUT2D eigenvalue weighted by Crippen LogP contribution is -2.20. The average molecular weight is 435 g/mol. The largest absolute Gasteiger partial charge is 0.484 e. The Labute approximate surface area is 186 Å². The van der Waals surface area contributed by atoms with Gasteiger partial charge in [0.05, 0.1) is 0 Å². The molecule has 0 unspecified atom stereocenters. The van der Waals surface area contributed by atoms with E-state index in [0.717, 1.165) is 12.0 Å². The Kier molecular flexibility index (Phi) is 6.23. The first-order valence-electron chi connectivity index (χ1n) is 10.2. The van der Waals surface area contributed by atoms with Gasteiger partial charge in [-0.1, -0.05) is 37.6 Å². The minimum absolute atomic E-state index is 0.0592. The first kappa shape index (κ1) is 20.9. The maximum absolute atomic E-state index is 12.2. The molecule has 0 saturated heterocycles. The van der Waals surface area contributed by atoms with Crippen molar-refractivity contribution in [2.45, 2.75) is 26.2 Å². The summed E-state index contributed by atoms with van der Waals surface area (Å²) in [4.78, 5) is 16.7. The van der Waals surface area contributed by atoms with Crippen LogP contribution in [0.25, 0.3) is 22.6 Å². The third-order valence-corrected chi connectivity index (χ3v) is 5.43. The zero-order chi connectivity index (χ0) is 21.8. The molecule has 5 nitrogen and oxygen atoms in total. The molecule has 1 aromatic heterocycles. The molecule has 1 atom stereocenters. The number of aromatic nitrogens is 1. The number of anilines is 1. The topological polar surface area (TPSA) is 64.4 Å². The van der Waals surface area contributed by atoms with E-state index in [4.69, 9.17) is 20.8 Å². The highest BCUT2D eigenvalue weighted by Gasteiger charge is 2.10. The number of nitrogens with zero attached hydrogens (tertiary/aromatic N) is 1. The third-order valence-electron chi connectivity index (χ3n) is 5.20. The fourth-order valence-electron chi connectivity index (χ4n) is 3.19. The number of carbonyl (C=O) groups is 1. The molecule has 3 aromatic carbocycles. The molecule has 4 rings (SSSR count). The normalized spacial score (nSPS) is 12.0. The molecule has 6 heteroatoms. The minimum Gasteiger partial charge on any atom is -0.484 e. The standard InChI is InChI=1S/C25H23ClN2O3/c1-3-16(2)17-6-11-21(12-7-17)30-15-24(29)27-20-9-4-18(5-10-20)25-28-22-14-19(26)8-13-23(22)31-25/h4-14,16H,3,15H2,1-2H3,(H,27,29)/t16-/m1/s1. The number of amides is 1. The molecule has 158 valence electrons. The molecule has 1 N–H and O–H groups in total. The summed E-state index contributed by atoms with van der Waals surface area (Å²) in [6.07, 6.45) is 1.09. The van der Waals surface area contributed by atoms with Crippen molar-refractivity contribution in [1.82, 2.24) is 4.98 Å². The van der Waals surface area contributed by atoms with Crippen LogP contribution in [0, 0.1) is 0 Å². The van der Waals surface area contributed by atoms with Gasteiger partial charge >= 0.3 is 0 Å². The molecule has 0 fully saturated rings. The minimum atomic E-state index is -0.227. The highest BCUT2D eigenvalue weighted by Crippen LogP contribution is 2.27. The van der Waals surface area contributed by atoms with Crippen LogP contribution < -0.4 is 10.1 Å². The fraction of sp³-hybridized carbons (Fsp3) is 0.200. The number of carbonyl (C=O) groups excluding carboxylic acids is 1. The quantitative estimate of drug-likeness (QED) is 0.352. The van der Waals surface area contributed by atoms with Crippen LogP contribution in [0.3, 0.4) is 0 Å². The van der Waals surface area contributed by atoms with Crippen LogP contribution in [0.15, 0.2) is 71.1 Å². The van der Waals surface area contributed by atoms with Crippen LogP contribution in [-0.2, 0) is 4.79 Å². The van der Waals surface area contributed by atoms with Gasteiger partial charge in [0.2, 0.25) is 5.89 Å². The highest BCUT2D eigenvalue weighted by molar-refractivity contribution is 6.31. The lowest BCUT2D eigenvalue weighted by molar-refractivity contribution is -0.118. The van der Waals surface area contributed by atoms with Crippen molar-refractivity contribution in [3.63, 3.8) is 0 Å². The van der Waals surface area contributed by atoms with E-state index in [9.17, 15) is 4.79 Å². The summed E-state index contributed by atoms with van der Waals surface area (Å²) in [5.41, 5.74) is 4.12. The number of rotatable bonds is 7. The molecule has 4 aromatic rings. The van der Waals surface area contributed by atoms with E-state index in [1.807, 2.05) is 36.4 Å². The molecule has 0 aliphatic heterocycles. The number of hydrogen-bond donors (Lipinski definition) is 1. The van der Waals surface area contributed by atoms with Gasteiger partial charge in [0, 0.05) is 16.3 Å². The van der Waals surface area contributed by atoms with Gasteiger partial charge in [0.1, 0.15) is 11.3 Å². The first-order valence-corrected chi connectivity index (χ1v) is 10.6. The number of halogens is 1. The second kappa shape index (κ2) is 9.23. The predicted octanol–water partition coefficient (Wildman–Crippen LogP) is 6.68. The van der Waals surface area contributed by atoms with Gasteiger partial charge in [0.15, 0.2) is 12.2 Å². The average Bonchev–Trinajstić information content (AvgIpc) is 3.21. The summed E-state index contributed by atoms with van der Waals surface area (Å²) in [5.74, 6) is 1.45. The fourth-order valence-corrected chi connectivity index (χ4v) is 3.36. The van der Waals surface area contributed by atoms with Gasteiger partial charge in [-0.05, 0) is 72.5 Å². The summed E-state index contributed by atoms with van der Waals surface area (Å²) >= 11 is 6.00. The molecule has 0 saturated carbocycles. The Hall–Kier alpha value is -3.31.